The Morgan fingerprint density at radius 2 is 1.40 bits per heavy atom. The highest BCUT2D eigenvalue weighted by atomic mass is 19.1. The van der Waals surface area contributed by atoms with Gasteiger partial charge in [-0.15, -0.1) is 0 Å². The van der Waals surface area contributed by atoms with Crippen LogP contribution in [0.5, 0.6) is 0 Å². The lowest BCUT2D eigenvalue weighted by molar-refractivity contribution is 0.0455. The Bertz CT molecular complexity index is 705. The summed E-state index contributed by atoms with van der Waals surface area (Å²) >= 11 is 0. The monoisotopic (exact) mass is 344 g/mol. The van der Waals surface area contributed by atoms with E-state index in [2.05, 4.69) is 0 Å². The van der Waals surface area contributed by atoms with Gasteiger partial charge >= 0.3 is 11.9 Å². The molecule has 0 N–H and O–H groups in total. The van der Waals surface area contributed by atoms with Gasteiger partial charge in [0.25, 0.3) is 0 Å². The fourth-order valence-electron chi connectivity index (χ4n) is 2.06. The Morgan fingerprint density at radius 3 is 1.92 bits per heavy atom. The van der Waals surface area contributed by atoms with Gasteiger partial charge in [0.2, 0.25) is 0 Å². The molecule has 0 saturated carbocycles. The van der Waals surface area contributed by atoms with Crippen molar-refractivity contribution in [2.75, 3.05) is 13.2 Å². The van der Waals surface area contributed by atoms with Gasteiger partial charge in [0.05, 0.1) is 24.3 Å². The van der Waals surface area contributed by atoms with Crippen LogP contribution in [-0.2, 0) is 15.9 Å². The van der Waals surface area contributed by atoms with Crippen LogP contribution < -0.4 is 0 Å². The lowest BCUT2D eigenvalue weighted by Crippen LogP contribution is -2.11. The number of ether oxygens (including phenoxy) is 2. The van der Waals surface area contributed by atoms with Crippen LogP contribution in [0.25, 0.3) is 0 Å². The summed E-state index contributed by atoms with van der Waals surface area (Å²) in [5, 5.41) is 0. The van der Waals surface area contributed by atoms with Gasteiger partial charge in [0.15, 0.2) is 0 Å². The predicted molar refractivity (Wildman–Crippen MR) is 91.9 cm³/mol. The van der Waals surface area contributed by atoms with E-state index in [4.69, 9.17) is 9.47 Å². The summed E-state index contributed by atoms with van der Waals surface area (Å²) in [6.45, 7) is 4.46. The van der Waals surface area contributed by atoms with Gasteiger partial charge in [-0.1, -0.05) is 26.0 Å². The topological polar surface area (TPSA) is 52.6 Å². The lowest BCUT2D eigenvalue weighted by atomic mass is 10.1. The summed E-state index contributed by atoms with van der Waals surface area (Å²) in [4.78, 5) is 23.8. The van der Waals surface area contributed by atoms with Crippen LogP contribution in [0, 0.1) is 11.7 Å². The molecule has 0 radical (unpaired) electrons. The van der Waals surface area contributed by atoms with Crippen LogP contribution in [0.4, 0.5) is 4.39 Å². The zero-order valence-corrected chi connectivity index (χ0v) is 14.3. The number of esters is 2. The van der Waals surface area contributed by atoms with E-state index in [1.54, 1.807) is 24.3 Å². The number of halogens is 1. The smallest absolute Gasteiger partial charge is 0.338 e. The maximum atomic E-state index is 12.8. The Kier molecular flexibility index (Phi) is 6.69. The Labute approximate surface area is 146 Å². The molecule has 4 nitrogen and oxygen atoms in total. The summed E-state index contributed by atoms with van der Waals surface area (Å²) in [7, 11) is 0. The van der Waals surface area contributed by atoms with Crippen molar-refractivity contribution in [3.05, 3.63) is 71.0 Å². The minimum atomic E-state index is -0.468. The minimum absolute atomic E-state index is 0.197. The second-order valence-corrected chi connectivity index (χ2v) is 6.08. The van der Waals surface area contributed by atoms with Crippen molar-refractivity contribution in [1.29, 1.82) is 0 Å². The average molecular weight is 344 g/mol. The molecule has 2 aromatic rings. The molecule has 25 heavy (non-hydrogen) atoms. The van der Waals surface area contributed by atoms with Crippen LogP contribution in [-0.4, -0.2) is 25.2 Å². The fourth-order valence-corrected chi connectivity index (χ4v) is 2.06. The zero-order valence-electron chi connectivity index (χ0n) is 14.3. The van der Waals surface area contributed by atoms with Gasteiger partial charge < -0.3 is 9.47 Å². The highest BCUT2D eigenvalue weighted by Gasteiger charge is 2.11. The molecule has 0 bridgehead atoms. The van der Waals surface area contributed by atoms with Crippen molar-refractivity contribution in [1.82, 2.24) is 0 Å². The van der Waals surface area contributed by atoms with Crippen LogP contribution in [0.1, 0.15) is 40.1 Å². The molecule has 0 saturated heterocycles. The lowest BCUT2D eigenvalue weighted by Gasteiger charge is -2.08. The molecule has 2 rings (SSSR count). The van der Waals surface area contributed by atoms with Crippen molar-refractivity contribution in [3.63, 3.8) is 0 Å². The molecule has 0 amide bonds. The van der Waals surface area contributed by atoms with Crippen molar-refractivity contribution < 1.29 is 23.5 Å². The highest BCUT2D eigenvalue weighted by Crippen LogP contribution is 2.09. The predicted octanol–water partition coefficient (Wildman–Crippen LogP) is 4.04. The molecule has 5 heteroatoms. The van der Waals surface area contributed by atoms with Crippen LogP contribution >= 0.6 is 0 Å². The Hall–Kier alpha value is -2.69. The minimum Gasteiger partial charge on any atom is -0.462 e. The largest absolute Gasteiger partial charge is 0.462 e. The summed E-state index contributed by atoms with van der Waals surface area (Å²) in [5.41, 5.74) is 1.64. The zero-order chi connectivity index (χ0) is 18.2. The van der Waals surface area contributed by atoms with Crippen molar-refractivity contribution >= 4 is 11.9 Å². The summed E-state index contributed by atoms with van der Waals surface area (Å²) in [6, 6.07) is 12.2. The van der Waals surface area contributed by atoms with Gasteiger partial charge in [-0.25, -0.2) is 14.0 Å². The van der Waals surface area contributed by atoms with E-state index in [0.29, 0.717) is 24.2 Å². The Morgan fingerprint density at radius 1 is 0.880 bits per heavy atom. The fraction of sp³-hybridized carbons (Fsp3) is 0.300. The summed E-state index contributed by atoms with van der Waals surface area (Å²) < 4.78 is 23.1. The standard InChI is InChI=1S/C20H21FO4/c1-14(2)13-25-20(23)17-7-5-16(6-8-17)19(22)24-12-11-15-3-9-18(21)10-4-15/h3-10,14H,11-13H2,1-2H3. The first kappa shape index (κ1) is 18.6. The molecule has 0 aliphatic rings. The number of benzene rings is 2. The van der Waals surface area contributed by atoms with Crippen molar-refractivity contribution in [2.24, 2.45) is 5.92 Å². The third kappa shape index (κ3) is 6.03. The van der Waals surface area contributed by atoms with E-state index < -0.39 is 11.9 Å². The van der Waals surface area contributed by atoms with E-state index in [0.717, 1.165) is 5.56 Å². The maximum absolute atomic E-state index is 12.8. The van der Waals surface area contributed by atoms with Gasteiger partial charge in [-0.2, -0.15) is 0 Å². The second kappa shape index (κ2) is 8.97. The highest BCUT2D eigenvalue weighted by molar-refractivity contribution is 5.93. The number of rotatable bonds is 7. The van der Waals surface area contributed by atoms with E-state index >= 15 is 0 Å². The number of carbonyl (C=O) groups is 2. The molecule has 0 aliphatic carbocycles. The number of hydrogen-bond donors (Lipinski definition) is 0. The third-order valence-electron chi connectivity index (χ3n) is 3.44. The number of hydrogen-bond acceptors (Lipinski definition) is 4. The molecule has 0 heterocycles. The van der Waals surface area contributed by atoms with Gasteiger partial charge in [-0.05, 0) is 47.9 Å². The summed E-state index contributed by atoms with van der Waals surface area (Å²) in [6.07, 6.45) is 0.506. The van der Waals surface area contributed by atoms with Crippen molar-refractivity contribution in [3.8, 4) is 0 Å². The van der Waals surface area contributed by atoms with E-state index in [9.17, 15) is 14.0 Å². The third-order valence-corrected chi connectivity index (χ3v) is 3.44. The molecule has 0 unspecified atom stereocenters. The molecular formula is C20H21FO4. The quantitative estimate of drug-likeness (QED) is 0.712. The number of carbonyl (C=O) groups excluding carboxylic acids is 2. The normalized spacial score (nSPS) is 10.6. The van der Waals surface area contributed by atoms with E-state index in [1.165, 1.54) is 24.3 Å². The first-order chi connectivity index (χ1) is 12.0. The molecular weight excluding hydrogens is 323 g/mol. The second-order valence-electron chi connectivity index (χ2n) is 6.08. The molecule has 0 aromatic heterocycles. The SMILES string of the molecule is CC(C)COC(=O)c1ccc(C(=O)OCCc2ccc(F)cc2)cc1. The van der Waals surface area contributed by atoms with E-state index in [-0.39, 0.29) is 18.3 Å². The molecule has 0 atom stereocenters. The molecule has 0 aliphatic heterocycles. The van der Waals surface area contributed by atoms with Gasteiger partial charge in [-0.3, -0.25) is 0 Å². The van der Waals surface area contributed by atoms with Gasteiger partial charge in [0.1, 0.15) is 5.82 Å². The van der Waals surface area contributed by atoms with E-state index in [1.807, 2.05) is 13.8 Å². The molecule has 132 valence electrons. The average Bonchev–Trinajstić information content (AvgIpc) is 2.61. The van der Waals surface area contributed by atoms with Crippen LogP contribution in [0.3, 0.4) is 0 Å². The first-order valence-electron chi connectivity index (χ1n) is 8.14. The van der Waals surface area contributed by atoms with Crippen LogP contribution in [0.2, 0.25) is 0 Å². The summed E-state index contributed by atoms with van der Waals surface area (Å²) in [5.74, 6) is -0.916. The molecule has 0 spiro atoms. The maximum Gasteiger partial charge on any atom is 0.338 e. The molecule has 0 fully saturated rings. The van der Waals surface area contributed by atoms with Crippen molar-refractivity contribution in [2.45, 2.75) is 20.3 Å². The molecule has 2 aromatic carbocycles. The first-order valence-corrected chi connectivity index (χ1v) is 8.14. The van der Waals surface area contributed by atoms with Crippen LogP contribution in [0.15, 0.2) is 48.5 Å². The Balaban J connectivity index is 1.83. The van der Waals surface area contributed by atoms with Gasteiger partial charge in [0, 0.05) is 6.42 Å².